The molecular formula is C30H41N3O5. The van der Waals surface area contributed by atoms with Gasteiger partial charge in [0.15, 0.2) is 11.5 Å². The Bertz CT molecular complexity index is 1160. The predicted molar refractivity (Wildman–Crippen MR) is 145 cm³/mol. The summed E-state index contributed by atoms with van der Waals surface area (Å²) in [5.41, 5.74) is 3.09. The molecule has 8 heteroatoms. The predicted octanol–water partition coefficient (Wildman–Crippen LogP) is 5.48. The van der Waals surface area contributed by atoms with Gasteiger partial charge in [0.05, 0.1) is 6.04 Å². The van der Waals surface area contributed by atoms with Crippen LogP contribution in [0.2, 0.25) is 0 Å². The molecule has 1 saturated carbocycles. The fourth-order valence-corrected chi connectivity index (χ4v) is 5.80. The van der Waals surface area contributed by atoms with Crippen molar-refractivity contribution in [1.29, 1.82) is 0 Å². The summed E-state index contributed by atoms with van der Waals surface area (Å²) in [7, 11) is 1.90. The third-order valence-electron chi connectivity index (χ3n) is 7.86. The van der Waals surface area contributed by atoms with E-state index in [1.807, 2.05) is 38.4 Å². The summed E-state index contributed by atoms with van der Waals surface area (Å²) in [6.07, 6.45) is 7.34. The summed E-state index contributed by atoms with van der Waals surface area (Å²) >= 11 is 0. The van der Waals surface area contributed by atoms with Crippen molar-refractivity contribution in [3.05, 3.63) is 47.2 Å². The molecule has 2 N–H and O–H groups in total. The average Bonchev–Trinajstić information content (AvgIpc) is 3.32. The lowest BCUT2D eigenvalue weighted by Crippen LogP contribution is -2.51. The molecule has 2 aromatic rings. The van der Waals surface area contributed by atoms with Crippen LogP contribution in [0.25, 0.3) is 0 Å². The number of nitrogens with zero attached hydrogens (tertiary/aromatic N) is 1. The van der Waals surface area contributed by atoms with E-state index in [0.717, 1.165) is 60.3 Å². The van der Waals surface area contributed by atoms with E-state index in [0.29, 0.717) is 18.7 Å². The zero-order valence-electron chi connectivity index (χ0n) is 23.3. The van der Waals surface area contributed by atoms with Crippen LogP contribution in [0.4, 0.5) is 4.79 Å². The average molecular weight is 524 g/mol. The van der Waals surface area contributed by atoms with Gasteiger partial charge in [0.1, 0.15) is 11.7 Å². The molecule has 8 nitrogen and oxygen atoms in total. The van der Waals surface area contributed by atoms with Gasteiger partial charge in [0.2, 0.25) is 12.7 Å². The number of fused-ring (bicyclic) bond motifs is 2. The molecule has 1 aliphatic carbocycles. The molecule has 206 valence electrons. The molecular weight excluding hydrogens is 482 g/mol. The van der Waals surface area contributed by atoms with Gasteiger partial charge in [-0.05, 0) is 80.3 Å². The molecule has 3 atom stereocenters. The molecule has 3 heterocycles. The first-order valence-corrected chi connectivity index (χ1v) is 13.9. The van der Waals surface area contributed by atoms with Gasteiger partial charge in [-0.3, -0.25) is 0 Å². The highest BCUT2D eigenvalue weighted by Gasteiger charge is 2.47. The first-order chi connectivity index (χ1) is 18.2. The van der Waals surface area contributed by atoms with Crippen molar-refractivity contribution < 1.29 is 23.7 Å². The largest absolute Gasteiger partial charge is 0.471 e. The minimum Gasteiger partial charge on any atom is -0.471 e. The van der Waals surface area contributed by atoms with Crippen molar-refractivity contribution in [2.75, 3.05) is 13.8 Å². The fraction of sp³-hybridized carbons (Fsp3) is 0.600. The number of hydrogen-bond acceptors (Lipinski definition) is 7. The number of carbonyl (C=O) groups is 1. The number of likely N-dealkylation sites (N-methyl/N-ethyl adjacent to an activating group) is 1. The molecule has 2 aliphatic heterocycles. The Labute approximate surface area is 225 Å². The second-order valence-corrected chi connectivity index (χ2v) is 12.2. The quantitative estimate of drug-likeness (QED) is 0.473. The summed E-state index contributed by atoms with van der Waals surface area (Å²) in [5, 5.41) is 6.53. The van der Waals surface area contributed by atoms with Crippen molar-refractivity contribution >= 4 is 6.09 Å². The number of alkyl carbamates (subject to hydrolysis) is 1. The van der Waals surface area contributed by atoms with Crippen LogP contribution in [-0.4, -0.2) is 42.7 Å². The minimum absolute atomic E-state index is 0.0499. The van der Waals surface area contributed by atoms with Crippen LogP contribution >= 0.6 is 0 Å². The van der Waals surface area contributed by atoms with Gasteiger partial charge in [-0.1, -0.05) is 33.8 Å². The Morgan fingerprint density at radius 3 is 2.66 bits per heavy atom. The van der Waals surface area contributed by atoms with Crippen molar-refractivity contribution in [2.24, 2.45) is 5.41 Å². The summed E-state index contributed by atoms with van der Waals surface area (Å²) in [4.78, 5) is 18.0. The van der Waals surface area contributed by atoms with E-state index < -0.39 is 6.09 Å². The van der Waals surface area contributed by atoms with E-state index in [-0.39, 0.29) is 36.0 Å². The highest BCUT2D eigenvalue weighted by molar-refractivity contribution is 5.68. The number of hydrogen-bond donors (Lipinski definition) is 2. The number of nitrogens with one attached hydrogen (secondary N) is 2. The van der Waals surface area contributed by atoms with E-state index in [1.54, 1.807) is 0 Å². The molecule has 2 unspecified atom stereocenters. The summed E-state index contributed by atoms with van der Waals surface area (Å²) in [6.45, 7) is 8.93. The Hall–Kier alpha value is -3.00. The number of rotatable bonds is 8. The number of pyridine rings is 1. The van der Waals surface area contributed by atoms with Crippen LogP contribution in [-0.2, 0) is 17.6 Å². The molecule has 38 heavy (non-hydrogen) atoms. The summed E-state index contributed by atoms with van der Waals surface area (Å²) in [6, 6.07) is 7.86. The molecule has 1 amide bonds. The topological polar surface area (TPSA) is 90.9 Å². The van der Waals surface area contributed by atoms with Gasteiger partial charge in [-0.2, -0.15) is 0 Å². The van der Waals surface area contributed by atoms with E-state index >= 15 is 0 Å². The lowest BCUT2D eigenvalue weighted by molar-refractivity contribution is -0.0412. The van der Waals surface area contributed by atoms with Crippen LogP contribution in [0.1, 0.15) is 82.5 Å². The zero-order valence-corrected chi connectivity index (χ0v) is 23.3. The highest BCUT2D eigenvalue weighted by Crippen LogP contribution is 2.48. The van der Waals surface area contributed by atoms with Crippen molar-refractivity contribution in [2.45, 2.75) is 96.4 Å². The molecule has 1 aromatic carbocycles. The number of aromatic nitrogens is 1. The minimum atomic E-state index is -0.406. The maximum Gasteiger partial charge on any atom is 0.407 e. The van der Waals surface area contributed by atoms with Gasteiger partial charge in [0, 0.05) is 24.2 Å². The molecule has 1 fully saturated rings. The number of carbonyl (C=O) groups excluding carboxylic acids is 1. The molecule has 0 radical (unpaired) electrons. The van der Waals surface area contributed by atoms with Crippen LogP contribution in [0.15, 0.2) is 30.5 Å². The third-order valence-corrected chi connectivity index (χ3v) is 7.86. The highest BCUT2D eigenvalue weighted by atomic mass is 16.7. The van der Waals surface area contributed by atoms with Crippen molar-refractivity contribution in [1.82, 2.24) is 15.6 Å². The number of benzene rings is 1. The smallest absolute Gasteiger partial charge is 0.407 e. The van der Waals surface area contributed by atoms with Crippen LogP contribution < -0.4 is 24.8 Å². The SMILES string of the molecule is CC[C@@H](OC(=O)NC1CC2(CCC2)Oc2ncc(CC(C)(C)C)cc21)C(Cc1ccc2c(c1)OCO2)NC. The molecule has 1 spiro atoms. The normalized spacial score (nSPS) is 20.6. The monoisotopic (exact) mass is 523 g/mol. The van der Waals surface area contributed by atoms with Crippen molar-refractivity contribution in [3.8, 4) is 17.4 Å². The van der Waals surface area contributed by atoms with E-state index in [4.69, 9.17) is 18.9 Å². The Balaban J connectivity index is 1.29. The van der Waals surface area contributed by atoms with Crippen LogP contribution in [0.3, 0.4) is 0 Å². The number of amides is 1. The summed E-state index contributed by atoms with van der Waals surface area (Å²) < 4.78 is 23.4. The Morgan fingerprint density at radius 1 is 1.18 bits per heavy atom. The lowest BCUT2D eigenvalue weighted by atomic mass is 9.73. The van der Waals surface area contributed by atoms with Crippen molar-refractivity contribution in [3.63, 3.8) is 0 Å². The fourth-order valence-electron chi connectivity index (χ4n) is 5.80. The Morgan fingerprint density at radius 2 is 1.97 bits per heavy atom. The second-order valence-electron chi connectivity index (χ2n) is 12.2. The maximum atomic E-state index is 13.3. The van der Waals surface area contributed by atoms with Gasteiger partial charge < -0.3 is 29.6 Å². The maximum absolute atomic E-state index is 13.3. The number of ether oxygens (including phenoxy) is 4. The zero-order chi connectivity index (χ0) is 26.9. The van der Waals surface area contributed by atoms with Crippen LogP contribution in [0.5, 0.6) is 17.4 Å². The lowest BCUT2D eigenvalue weighted by Gasteiger charge is -2.47. The van der Waals surface area contributed by atoms with Gasteiger partial charge in [-0.15, -0.1) is 0 Å². The summed E-state index contributed by atoms with van der Waals surface area (Å²) in [5.74, 6) is 2.16. The van der Waals surface area contributed by atoms with Gasteiger partial charge in [0.25, 0.3) is 0 Å². The second kappa shape index (κ2) is 10.6. The van der Waals surface area contributed by atoms with Gasteiger partial charge in [-0.25, -0.2) is 9.78 Å². The third kappa shape index (κ3) is 5.85. The molecule has 3 aliphatic rings. The van der Waals surface area contributed by atoms with E-state index in [1.165, 1.54) is 0 Å². The first-order valence-electron chi connectivity index (χ1n) is 13.9. The standard InChI is InChI=1S/C30H41N3O5/c1-6-24(22(31-5)13-19-8-9-25-26(14-19)36-18-35-25)37-28(34)33-23-16-30(10-7-11-30)38-27-21(23)12-20(17-32-27)15-29(2,3)4/h8-9,12,14,17,22-24,31H,6-7,10-11,13,15-16,18H2,1-5H3,(H,33,34)/t22?,23?,24-/m1/s1. The van der Waals surface area contributed by atoms with Gasteiger partial charge >= 0.3 is 6.09 Å². The molecule has 0 saturated heterocycles. The first kappa shape index (κ1) is 26.6. The Kier molecular flexibility index (Phi) is 7.45. The molecule has 1 aromatic heterocycles. The van der Waals surface area contributed by atoms with Crippen LogP contribution in [0, 0.1) is 5.41 Å². The van der Waals surface area contributed by atoms with E-state index in [2.05, 4.69) is 42.5 Å². The molecule has 0 bridgehead atoms. The molecule has 5 rings (SSSR count). The van der Waals surface area contributed by atoms with E-state index in [9.17, 15) is 4.79 Å².